The van der Waals surface area contributed by atoms with Crippen LogP contribution in [0.4, 0.5) is 17.1 Å². The lowest BCUT2D eigenvalue weighted by molar-refractivity contribution is -0.387. The number of para-hydroxylation sites is 1. The summed E-state index contributed by atoms with van der Waals surface area (Å²) in [7, 11) is 1.33. The number of nitro groups is 1. The first-order valence-corrected chi connectivity index (χ1v) is 9.51. The number of carbonyl (C=O) groups excluding carboxylic acids is 1. The summed E-state index contributed by atoms with van der Waals surface area (Å²) in [6.07, 6.45) is 0. The molecule has 8 heteroatoms. The van der Waals surface area contributed by atoms with Crippen molar-refractivity contribution in [1.29, 1.82) is 0 Å². The largest absolute Gasteiger partial charge is 0.465 e. The summed E-state index contributed by atoms with van der Waals surface area (Å²) in [6, 6.07) is 19.2. The third kappa shape index (κ3) is 5.05. The lowest BCUT2D eigenvalue weighted by atomic mass is 10.1. The molecule has 0 spiro atoms. The molecule has 0 saturated heterocycles. The van der Waals surface area contributed by atoms with Crippen LogP contribution >= 0.6 is 11.8 Å². The Morgan fingerprint density at radius 1 is 1.10 bits per heavy atom. The van der Waals surface area contributed by atoms with Crippen LogP contribution in [0.5, 0.6) is 0 Å². The van der Waals surface area contributed by atoms with Gasteiger partial charge in [0.2, 0.25) is 0 Å². The normalized spacial score (nSPS) is 10.4. The molecular formula is C21H19N3O4S. The van der Waals surface area contributed by atoms with Gasteiger partial charge in [0, 0.05) is 28.9 Å². The maximum Gasteiger partial charge on any atom is 0.337 e. The summed E-state index contributed by atoms with van der Waals surface area (Å²) < 4.78 is 4.67. The molecule has 0 saturated carbocycles. The predicted molar refractivity (Wildman–Crippen MR) is 113 cm³/mol. The second kappa shape index (κ2) is 9.11. The highest BCUT2D eigenvalue weighted by Gasteiger charge is 2.16. The highest BCUT2D eigenvalue weighted by Crippen LogP contribution is 2.37. The maximum atomic E-state index is 11.5. The van der Waals surface area contributed by atoms with E-state index in [1.807, 2.05) is 24.3 Å². The third-order valence-electron chi connectivity index (χ3n) is 4.16. The average Bonchev–Trinajstić information content (AvgIpc) is 2.74. The van der Waals surface area contributed by atoms with Crippen LogP contribution in [0.1, 0.15) is 15.9 Å². The molecule has 29 heavy (non-hydrogen) atoms. The van der Waals surface area contributed by atoms with Crippen LogP contribution in [0.2, 0.25) is 0 Å². The third-order valence-corrected chi connectivity index (χ3v) is 5.32. The second-order valence-corrected chi connectivity index (χ2v) is 7.21. The Balaban J connectivity index is 1.74. The first-order chi connectivity index (χ1) is 14.0. The topological polar surface area (TPSA) is 107 Å². The fourth-order valence-corrected chi connectivity index (χ4v) is 3.58. The van der Waals surface area contributed by atoms with Crippen LogP contribution in [-0.2, 0) is 11.3 Å². The molecule has 0 bridgehead atoms. The van der Waals surface area contributed by atoms with Crippen LogP contribution in [0, 0.1) is 10.1 Å². The Morgan fingerprint density at radius 2 is 1.83 bits per heavy atom. The quantitative estimate of drug-likeness (QED) is 0.251. The number of rotatable bonds is 7. The van der Waals surface area contributed by atoms with Crippen molar-refractivity contribution in [1.82, 2.24) is 0 Å². The SMILES string of the molecule is COC(=O)c1ccc(NCc2ccc(Sc3ccccc3N)c([N+](=O)[O-])c2)cc1. The number of nitrogens with one attached hydrogen (secondary N) is 1. The molecule has 0 aliphatic heterocycles. The van der Waals surface area contributed by atoms with Gasteiger partial charge in [0.05, 0.1) is 22.5 Å². The number of hydrogen-bond donors (Lipinski definition) is 2. The van der Waals surface area contributed by atoms with E-state index in [0.717, 1.165) is 16.1 Å². The predicted octanol–water partition coefficient (Wildman–Crippen LogP) is 4.73. The number of ether oxygens (including phenoxy) is 1. The summed E-state index contributed by atoms with van der Waals surface area (Å²) in [5.41, 5.74) is 8.55. The molecule has 0 radical (unpaired) electrons. The van der Waals surface area contributed by atoms with E-state index in [1.54, 1.807) is 42.5 Å². The van der Waals surface area contributed by atoms with Gasteiger partial charge in [-0.15, -0.1) is 0 Å². The minimum absolute atomic E-state index is 0.0265. The molecule has 3 rings (SSSR count). The van der Waals surface area contributed by atoms with Crippen LogP contribution in [-0.4, -0.2) is 18.0 Å². The number of nitrogens with zero attached hydrogens (tertiary/aromatic N) is 1. The lowest BCUT2D eigenvalue weighted by Crippen LogP contribution is -2.03. The Labute approximate surface area is 172 Å². The van der Waals surface area contributed by atoms with Gasteiger partial charge in [0.25, 0.3) is 5.69 Å². The van der Waals surface area contributed by atoms with Crippen molar-refractivity contribution in [2.45, 2.75) is 16.3 Å². The van der Waals surface area contributed by atoms with E-state index in [9.17, 15) is 14.9 Å². The second-order valence-electron chi connectivity index (χ2n) is 6.12. The number of anilines is 2. The zero-order valence-corrected chi connectivity index (χ0v) is 16.4. The standard InChI is InChI=1S/C21H19N3O4S/c1-28-21(25)15-7-9-16(10-8-15)23-13-14-6-11-20(18(12-14)24(26)27)29-19-5-3-2-4-17(19)22/h2-12,23H,13,22H2,1H3. The molecule has 7 nitrogen and oxygen atoms in total. The molecule has 0 aromatic heterocycles. The number of nitrogen functional groups attached to an aromatic ring is 1. The zero-order valence-electron chi connectivity index (χ0n) is 15.6. The smallest absolute Gasteiger partial charge is 0.337 e. The van der Waals surface area contributed by atoms with Crippen LogP contribution in [0.15, 0.2) is 76.5 Å². The lowest BCUT2D eigenvalue weighted by Gasteiger charge is -2.10. The van der Waals surface area contributed by atoms with Gasteiger partial charge in [-0.05, 0) is 48.0 Å². The Hall–Kier alpha value is -3.52. The van der Waals surface area contributed by atoms with Crippen LogP contribution in [0.3, 0.4) is 0 Å². The highest BCUT2D eigenvalue weighted by atomic mass is 32.2. The number of nitrogens with two attached hydrogens (primary N) is 1. The van der Waals surface area contributed by atoms with Crippen molar-refractivity contribution in [2.75, 3.05) is 18.2 Å². The molecule has 0 fully saturated rings. The number of nitro benzene ring substituents is 1. The van der Waals surface area contributed by atoms with E-state index in [2.05, 4.69) is 10.1 Å². The van der Waals surface area contributed by atoms with E-state index in [4.69, 9.17) is 5.73 Å². The summed E-state index contributed by atoms with van der Waals surface area (Å²) in [4.78, 5) is 23.9. The van der Waals surface area contributed by atoms with Crippen molar-refractivity contribution in [3.8, 4) is 0 Å². The average molecular weight is 409 g/mol. The van der Waals surface area contributed by atoms with E-state index in [0.29, 0.717) is 22.7 Å². The van der Waals surface area contributed by atoms with Crippen molar-refractivity contribution in [3.05, 3.63) is 88.0 Å². The number of benzene rings is 3. The molecular weight excluding hydrogens is 390 g/mol. The monoisotopic (exact) mass is 409 g/mol. The van der Waals surface area contributed by atoms with Crippen molar-refractivity contribution < 1.29 is 14.5 Å². The van der Waals surface area contributed by atoms with Crippen molar-refractivity contribution in [2.24, 2.45) is 0 Å². The van der Waals surface area contributed by atoms with Gasteiger partial charge in [-0.2, -0.15) is 0 Å². The molecule has 0 atom stereocenters. The number of esters is 1. The van der Waals surface area contributed by atoms with Gasteiger partial charge in [-0.25, -0.2) is 4.79 Å². The fraction of sp³-hybridized carbons (Fsp3) is 0.0952. The summed E-state index contributed by atoms with van der Waals surface area (Å²) >= 11 is 1.27. The molecule has 3 aromatic carbocycles. The Morgan fingerprint density at radius 3 is 2.48 bits per heavy atom. The highest BCUT2D eigenvalue weighted by molar-refractivity contribution is 7.99. The fourth-order valence-electron chi connectivity index (χ4n) is 2.64. The van der Waals surface area contributed by atoms with Gasteiger partial charge < -0.3 is 15.8 Å². The van der Waals surface area contributed by atoms with E-state index in [1.165, 1.54) is 18.9 Å². The number of hydrogen-bond acceptors (Lipinski definition) is 7. The molecule has 3 N–H and O–H groups in total. The van der Waals surface area contributed by atoms with Gasteiger partial charge in [0.15, 0.2) is 0 Å². The van der Waals surface area contributed by atoms with Gasteiger partial charge >= 0.3 is 5.97 Å². The zero-order chi connectivity index (χ0) is 20.8. The first kappa shape index (κ1) is 20.2. The minimum atomic E-state index is -0.403. The molecule has 148 valence electrons. The molecule has 0 unspecified atom stereocenters. The van der Waals surface area contributed by atoms with E-state index < -0.39 is 10.9 Å². The Kier molecular flexibility index (Phi) is 6.36. The van der Waals surface area contributed by atoms with E-state index >= 15 is 0 Å². The molecule has 0 aliphatic rings. The molecule has 3 aromatic rings. The van der Waals surface area contributed by atoms with Crippen LogP contribution < -0.4 is 11.1 Å². The van der Waals surface area contributed by atoms with Gasteiger partial charge in [-0.1, -0.05) is 30.0 Å². The summed E-state index contributed by atoms with van der Waals surface area (Å²) in [6.45, 7) is 0.400. The van der Waals surface area contributed by atoms with Gasteiger partial charge in [0.1, 0.15) is 0 Å². The van der Waals surface area contributed by atoms with Crippen molar-refractivity contribution >= 4 is 34.8 Å². The van der Waals surface area contributed by atoms with Gasteiger partial charge in [-0.3, -0.25) is 10.1 Å². The molecule has 0 amide bonds. The Bertz CT molecular complexity index is 1040. The van der Waals surface area contributed by atoms with Crippen LogP contribution in [0.25, 0.3) is 0 Å². The summed E-state index contributed by atoms with van der Waals surface area (Å²) in [5.74, 6) is -0.403. The minimum Gasteiger partial charge on any atom is -0.465 e. The van der Waals surface area contributed by atoms with Crippen molar-refractivity contribution in [3.63, 3.8) is 0 Å². The van der Waals surface area contributed by atoms with E-state index in [-0.39, 0.29) is 5.69 Å². The molecule has 0 aliphatic carbocycles. The first-order valence-electron chi connectivity index (χ1n) is 8.70. The molecule has 0 heterocycles. The maximum absolute atomic E-state index is 11.5. The summed E-state index contributed by atoms with van der Waals surface area (Å²) in [5, 5.41) is 14.7. The number of carbonyl (C=O) groups is 1. The number of methoxy groups -OCH3 is 1.